The summed E-state index contributed by atoms with van der Waals surface area (Å²) < 4.78 is 4.97. The Morgan fingerprint density at radius 1 is 1.22 bits per heavy atom. The van der Waals surface area contributed by atoms with Crippen LogP contribution in [0.25, 0.3) is 0 Å². The number of aliphatic hydroxyl groups is 2. The molecule has 23 heavy (non-hydrogen) atoms. The second kappa shape index (κ2) is 8.06. The van der Waals surface area contributed by atoms with E-state index in [2.05, 4.69) is 15.5 Å². The van der Waals surface area contributed by atoms with Crippen LogP contribution in [0.2, 0.25) is 0 Å². The van der Waals surface area contributed by atoms with Crippen LogP contribution in [0.3, 0.4) is 0 Å². The smallest absolute Gasteiger partial charge is 0.407 e. The molecule has 8 heteroatoms. The Kier molecular flexibility index (Phi) is 5.84. The Labute approximate surface area is 131 Å². The summed E-state index contributed by atoms with van der Waals surface area (Å²) in [5.74, 6) is 0. The van der Waals surface area contributed by atoms with E-state index in [1.54, 1.807) is 0 Å². The van der Waals surface area contributed by atoms with Crippen molar-refractivity contribution >= 4 is 6.09 Å². The molecule has 0 bridgehead atoms. The average Bonchev–Trinajstić information content (AvgIpc) is 2.58. The van der Waals surface area contributed by atoms with E-state index < -0.39 is 23.9 Å². The van der Waals surface area contributed by atoms with Crippen molar-refractivity contribution in [2.24, 2.45) is 0 Å². The van der Waals surface area contributed by atoms with Crippen molar-refractivity contribution in [3.8, 4) is 0 Å². The molecule has 2 unspecified atom stereocenters. The van der Waals surface area contributed by atoms with Gasteiger partial charge in [0.2, 0.25) is 0 Å². The highest BCUT2D eigenvalue weighted by Gasteiger charge is 2.20. The third-order valence-corrected chi connectivity index (χ3v) is 3.04. The van der Waals surface area contributed by atoms with Gasteiger partial charge in [0.1, 0.15) is 18.8 Å². The van der Waals surface area contributed by atoms with Crippen molar-refractivity contribution in [1.29, 1.82) is 0 Å². The SMILES string of the molecule is O=C(NCC(O)C(O)c1ccc(=O)[nH]n1)OCc1ccccc1. The van der Waals surface area contributed by atoms with Gasteiger partial charge < -0.3 is 20.3 Å². The predicted octanol–water partition coefficient (Wildman–Crippen LogP) is 0.0906. The number of rotatable bonds is 6. The minimum absolute atomic E-state index is 0.0940. The highest BCUT2D eigenvalue weighted by molar-refractivity contribution is 5.67. The van der Waals surface area contributed by atoms with Crippen LogP contribution in [0.15, 0.2) is 47.3 Å². The summed E-state index contributed by atoms with van der Waals surface area (Å²) in [6, 6.07) is 11.6. The topological polar surface area (TPSA) is 125 Å². The molecule has 0 aliphatic rings. The number of aromatic amines is 1. The molecule has 0 radical (unpaired) electrons. The molecule has 0 saturated carbocycles. The lowest BCUT2D eigenvalue weighted by molar-refractivity contribution is 0.0154. The second-order valence-corrected chi connectivity index (χ2v) is 4.80. The fourth-order valence-corrected chi connectivity index (χ4v) is 1.79. The van der Waals surface area contributed by atoms with Gasteiger partial charge in [-0.2, -0.15) is 5.10 Å². The van der Waals surface area contributed by atoms with Crippen molar-refractivity contribution in [1.82, 2.24) is 15.5 Å². The van der Waals surface area contributed by atoms with Crippen LogP contribution in [0.1, 0.15) is 17.4 Å². The highest BCUT2D eigenvalue weighted by Crippen LogP contribution is 2.12. The summed E-state index contributed by atoms with van der Waals surface area (Å²) >= 11 is 0. The summed E-state index contributed by atoms with van der Waals surface area (Å²) in [4.78, 5) is 22.4. The Bertz CT molecular complexity index is 669. The molecule has 2 rings (SSSR count). The van der Waals surface area contributed by atoms with Crippen LogP contribution in [0, 0.1) is 0 Å². The normalized spacial score (nSPS) is 13.1. The summed E-state index contributed by atoms with van der Waals surface area (Å²) in [5.41, 5.74) is 0.510. The molecular weight excluding hydrogens is 302 g/mol. The zero-order valence-corrected chi connectivity index (χ0v) is 12.2. The number of hydrogen-bond acceptors (Lipinski definition) is 6. The number of carbonyl (C=O) groups is 1. The van der Waals surface area contributed by atoms with Gasteiger partial charge in [-0.1, -0.05) is 30.3 Å². The third kappa shape index (κ3) is 5.20. The quantitative estimate of drug-likeness (QED) is 0.598. The molecule has 2 atom stereocenters. The fraction of sp³-hybridized carbons (Fsp3) is 0.267. The molecule has 0 saturated heterocycles. The van der Waals surface area contributed by atoms with Crippen LogP contribution < -0.4 is 10.9 Å². The molecule has 122 valence electrons. The number of carbonyl (C=O) groups excluding carboxylic acids is 1. The number of benzene rings is 1. The van der Waals surface area contributed by atoms with Gasteiger partial charge in [0, 0.05) is 12.6 Å². The van der Waals surface area contributed by atoms with Crippen molar-refractivity contribution < 1.29 is 19.7 Å². The largest absolute Gasteiger partial charge is 0.445 e. The Morgan fingerprint density at radius 3 is 2.61 bits per heavy atom. The van der Waals surface area contributed by atoms with Crippen LogP contribution in [0.4, 0.5) is 4.79 Å². The number of nitrogens with zero attached hydrogens (tertiary/aromatic N) is 1. The van der Waals surface area contributed by atoms with E-state index in [-0.39, 0.29) is 18.8 Å². The summed E-state index contributed by atoms with van der Waals surface area (Å²) in [6.07, 6.45) is -3.35. The number of nitrogens with one attached hydrogen (secondary N) is 2. The number of aromatic nitrogens is 2. The van der Waals surface area contributed by atoms with Gasteiger partial charge in [0.25, 0.3) is 5.56 Å². The number of ether oxygens (including phenoxy) is 1. The molecule has 8 nitrogen and oxygen atoms in total. The van der Waals surface area contributed by atoms with Crippen molar-refractivity contribution in [3.63, 3.8) is 0 Å². The van der Waals surface area contributed by atoms with Crippen molar-refractivity contribution in [2.45, 2.75) is 18.8 Å². The maximum Gasteiger partial charge on any atom is 0.407 e. The van der Waals surface area contributed by atoms with E-state index in [1.165, 1.54) is 12.1 Å². The minimum atomic E-state index is -1.35. The second-order valence-electron chi connectivity index (χ2n) is 4.80. The van der Waals surface area contributed by atoms with Crippen molar-refractivity contribution in [2.75, 3.05) is 6.54 Å². The maximum absolute atomic E-state index is 11.5. The predicted molar refractivity (Wildman–Crippen MR) is 80.5 cm³/mol. The van der Waals surface area contributed by atoms with Crippen LogP contribution in [-0.2, 0) is 11.3 Å². The standard InChI is InChI=1S/C15H17N3O5/c19-12(14(21)11-6-7-13(20)18-17-11)8-16-15(22)23-9-10-4-2-1-3-5-10/h1-7,12,14,19,21H,8-9H2,(H,16,22)(H,18,20). The van der Waals surface area contributed by atoms with E-state index in [9.17, 15) is 19.8 Å². The molecule has 1 aromatic heterocycles. The lowest BCUT2D eigenvalue weighted by Gasteiger charge is -2.17. The van der Waals surface area contributed by atoms with E-state index in [1.807, 2.05) is 30.3 Å². The molecular formula is C15H17N3O5. The summed E-state index contributed by atoms with van der Waals surface area (Å²) in [5, 5.41) is 27.8. The number of alkyl carbamates (subject to hydrolysis) is 1. The monoisotopic (exact) mass is 319 g/mol. The van der Waals surface area contributed by atoms with Gasteiger partial charge in [-0.05, 0) is 11.6 Å². The summed E-state index contributed by atoms with van der Waals surface area (Å²) in [6.45, 7) is -0.123. The van der Waals surface area contributed by atoms with E-state index in [0.717, 1.165) is 5.56 Å². The first-order valence-electron chi connectivity index (χ1n) is 6.92. The van der Waals surface area contributed by atoms with Gasteiger partial charge in [-0.25, -0.2) is 9.89 Å². The average molecular weight is 319 g/mol. The maximum atomic E-state index is 11.5. The van der Waals surface area contributed by atoms with Gasteiger partial charge in [-0.3, -0.25) is 4.79 Å². The van der Waals surface area contributed by atoms with E-state index in [4.69, 9.17) is 4.74 Å². The number of amides is 1. The number of aliphatic hydroxyl groups excluding tert-OH is 2. The van der Waals surface area contributed by atoms with Gasteiger partial charge in [0.15, 0.2) is 0 Å². The van der Waals surface area contributed by atoms with E-state index in [0.29, 0.717) is 0 Å². The lowest BCUT2D eigenvalue weighted by atomic mass is 10.1. The molecule has 4 N–H and O–H groups in total. The van der Waals surface area contributed by atoms with Crippen LogP contribution in [0.5, 0.6) is 0 Å². The molecule has 0 spiro atoms. The van der Waals surface area contributed by atoms with Crippen LogP contribution >= 0.6 is 0 Å². The Balaban J connectivity index is 1.76. The van der Waals surface area contributed by atoms with Crippen LogP contribution in [-0.4, -0.2) is 39.2 Å². The van der Waals surface area contributed by atoms with Crippen molar-refractivity contribution in [3.05, 3.63) is 64.1 Å². The van der Waals surface area contributed by atoms with Gasteiger partial charge >= 0.3 is 6.09 Å². The lowest BCUT2D eigenvalue weighted by Crippen LogP contribution is -2.36. The van der Waals surface area contributed by atoms with E-state index >= 15 is 0 Å². The molecule has 1 aromatic carbocycles. The Morgan fingerprint density at radius 2 is 1.96 bits per heavy atom. The molecule has 0 fully saturated rings. The first kappa shape index (κ1) is 16.7. The first-order chi connectivity index (χ1) is 11.1. The zero-order valence-electron chi connectivity index (χ0n) is 12.2. The van der Waals surface area contributed by atoms with Gasteiger partial charge in [0.05, 0.1) is 5.69 Å². The number of hydrogen-bond donors (Lipinski definition) is 4. The highest BCUT2D eigenvalue weighted by atomic mass is 16.5. The Hall–Kier alpha value is -2.71. The fourth-order valence-electron chi connectivity index (χ4n) is 1.79. The molecule has 0 aliphatic carbocycles. The molecule has 1 heterocycles. The first-order valence-corrected chi connectivity index (χ1v) is 6.92. The summed E-state index contributed by atoms with van der Waals surface area (Å²) in [7, 11) is 0. The molecule has 2 aromatic rings. The molecule has 1 amide bonds. The third-order valence-electron chi connectivity index (χ3n) is 3.04. The minimum Gasteiger partial charge on any atom is -0.445 e. The zero-order chi connectivity index (χ0) is 16.7. The number of H-pyrrole nitrogens is 1. The molecule has 0 aliphatic heterocycles. The van der Waals surface area contributed by atoms with Gasteiger partial charge in [-0.15, -0.1) is 0 Å².